The maximum absolute atomic E-state index is 12.2. The van der Waals surface area contributed by atoms with E-state index in [4.69, 9.17) is 9.84 Å². The molecule has 0 fully saturated rings. The van der Waals surface area contributed by atoms with E-state index in [1.165, 1.54) is 19.2 Å². The predicted octanol–water partition coefficient (Wildman–Crippen LogP) is 0.270. The van der Waals surface area contributed by atoms with Crippen LogP contribution in [-0.2, 0) is 19.6 Å². The summed E-state index contributed by atoms with van der Waals surface area (Å²) in [6, 6.07) is 3.02. The Bertz CT molecular complexity index is 589. The molecule has 1 aromatic rings. The highest BCUT2D eigenvalue weighted by molar-refractivity contribution is 9.10. The Hall–Kier alpha value is -1.16. The quantitative estimate of drug-likeness (QED) is 0.699. The number of sulfonamides is 1. The number of aliphatic hydroxyl groups excluding tert-OH is 1. The summed E-state index contributed by atoms with van der Waals surface area (Å²) >= 11 is 3.16. The van der Waals surface area contributed by atoms with Crippen LogP contribution in [0.3, 0.4) is 0 Å². The molecule has 20 heavy (non-hydrogen) atoms. The largest absolute Gasteiger partial charge is 0.495 e. The lowest BCUT2D eigenvalue weighted by molar-refractivity contribution is -0.143. The van der Waals surface area contributed by atoms with Crippen LogP contribution in [0, 0.1) is 0 Å². The molecule has 1 atom stereocenters. The van der Waals surface area contributed by atoms with Crippen molar-refractivity contribution in [1.29, 1.82) is 0 Å². The number of rotatable bonds is 6. The molecule has 0 spiro atoms. The van der Waals surface area contributed by atoms with Crippen LogP contribution in [0.5, 0.6) is 5.75 Å². The van der Waals surface area contributed by atoms with E-state index in [0.29, 0.717) is 4.47 Å². The molecular weight excluding hydrogens is 354 g/mol. The number of carbonyl (C=O) groups excluding carboxylic acids is 1. The van der Waals surface area contributed by atoms with Gasteiger partial charge in [-0.25, -0.2) is 8.42 Å². The maximum Gasteiger partial charge on any atom is 0.326 e. The average molecular weight is 368 g/mol. The second-order valence-corrected chi connectivity index (χ2v) is 6.27. The van der Waals surface area contributed by atoms with E-state index in [0.717, 1.165) is 7.11 Å². The lowest BCUT2D eigenvalue weighted by Gasteiger charge is -2.16. The number of halogens is 1. The van der Waals surface area contributed by atoms with Crippen molar-refractivity contribution in [3.8, 4) is 5.75 Å². The van der Waals surface area contributed by atoms with Crippen molar-refractivity contribution in [2.45, 2.75) is 10.9 Å². The molecule has 0 radical (unpaired) electrons. The van der Waals surface area contributed by atoms with Gasteiger partial charge in [-0.15, -0.1) is 0 Å². The Morgan fingerprint density at radius 3 is 2.60 bits per heavy atom. The van der Waals surface area contributed by atoms with Gasteiger partial charge in [0.25, 0.3) is 0 Å². The van der Waals surface area contributed by atoms with Crippen LogP contribution in [0.1, 0.15) is 0 Å². The van der Waals surface area contributed by atoms with E-state index in [1.807, 2.05) is 0 Å². The van der Waals surface area contributed by atoms with Gasteiger partial charge in [-0.3, -0.25) is 4.79 Å². The average Bonchev–Trinajstić information content (AvgIpc) is 2.43. The molecule has 0 heterocycles. The smallest absolute Gasteiger partial charge is 0.326 e. The molecule has 7 nitrogen and oxygen atoms in total. The van der Waals surface area contributed by atoms with Gasteiger partial charge in [0.05, 0.1) is 20.8 Å². The number of esters is 1. The number of aliphatic hydroxyl groups is 1. The second-order valence-electron chi connectivity index (χ2n) is 3.67. The van der Waals surface area contributed by atoms with E-state index in [9.17, 15) is 13.2 Å². The molecule has 0 aliphatic heterocycles. The fourth-order valence-electron chi connectivity index (χ4n) is 1.41. The number of methoxy groups -OCH3 is 2. The zero-order chi connectivity index (χ0) is 15.3. The summed E-state index contributed by atoms with van der Waals surface area (Å²) in [4.78, 5) is 11.2. The standard InChI is InChI=1S/C11H14BrNO6S/c1-18-9-4-3-7(12)5-10(9)20(16,17)13-8(6-14)11(15)19-2/h3-5,8,13-14H,6H2,1-2H3. The van der Waals surface area contributed by atoms with Crippen LogP contribution in [0.4, 0.5) is 0 Å². The molecule has 0 aliphatic rings. The first-order valence-corrected chi connectivity index (χ1v) is 7.68. The molecule has 1 rings (SSSR count). The van der Waals surface area contributed by atoms with Crippen LogP contribution in [-0.4, -0.2) is 46.4 Å². The zero-order valence-electron chi connectivity index (χ0n) is 10.8. The van der Waals surface area contributed by atoms with Crippen LogP contribution in [0.25, 0.3) is 0 Å². The first-order valence-electron chi connectivity index (χ1n) is 5.40. The molecule has 0 saturated heterocycles. The van der Waals surface area contributed by atoms with Crippen molar-refractivity contribution < 1.29 is 27.8 Å². The van der Waals surface area contributed by atoms with Gasteiger partial charge in [0.15, 0.2) is 0 Å². The van der Waals surface area contributed by atoms with Gasteiger partial charge in [0, 0.05) is 4.47 Å². The fourth-order valence-corrected chi connectivity index (χ4v) is 3.30. The Morgan fingerprint density at radius 1 is 1.45 bits per heavy atom. The highest BCUT2D eigenvalue weighted by atomic mass is 79.9. The summed E-state index contributed by atoms with van der Waals surface area (Å²) < 4.78 is 36.4. The topological polar surface area (TPSA) is 102 Å². The summed E-state index contributed by atoms with van der Waals surface area (Å²) in [7, 11) is -1.64. The summed E-state index contributed by atoms with van der Waals surface area (Å²) in [5.74, 6) is -0.771. The predicted molar refractivity (Wildman–Crippen MR) is 73.9 cm³/mol. The second kappa shape index (κ2) is 7.02. The minimum Gasteiger partial charge on any atom is -0.495 e. The van der Waals surface area contributed by atoms with Gasteiger partial charge >= 0.3 is 5.97 Å². The van der Waals surface area contributed by atoms with Gasteiger partial charge in [-0.05, 0) is 18.2 Å². The maximum atomic E-state index is 12.2. The van der Waals surface area contributed by atoms with Gasteiger partial charge < -0.3 is 14.6 Å². The third-order valence-corrected chi connectivity index (χ3v) is 4.37. The van der Waals surface area contributed by atoms with Crippen molar-refractivity contribution >= 4 is 31.9 Å². The first kappa shape index (κ1) is 16.9. The molecule has 1 unspecified atom stereocenters. The van der Waals surface area contributed by atoms with Crippen LogP contribution >= 0.6 is 15.9 Å². The highest BCUT2D eigenvalue weighted by Gasteiger charge is 2.28. The lowest BCUT2D eigenvalue weighted by atomic mass is 10.3. The van der Waals surface area contributed by atoms with Gasteiger partial charge in [-0.1, -0.05) is 15.9 Å². The molecule has 0 aliphatic carbocycles. The normalized spacial score (nSPS) is 12.8. The van der Waals surface area contributed by atoms with Gasteiger partial charge in [0.2, 0.25) is 10.0 Å². The molecule has 0 amide bonds. The summed E-state index contributed by atoms with van der Waals surface area (Å²) in [5, 5.41) is 9.05. The van der Waals surface area contributed by atoms with E-state index >= 15 is 0 Å². The summed E-state index contributed by atoms with van der Waals surface area (Å²) in [5.41, 5.74) is 0. The van der Waals surface area contributed by atoms with Crippen LogP contribution in [0.2, 0.25) is 0 Å². The molecule has 9 heteroatoms. The monoisotopic (exact) mass is 367 g/mol. The Labute approximate surface area is 125 Å². The van der Waals surface area contributed by atoms with Crippen molar-refractivity contribution in [3.63, 3.8) is 0 Å². The number of hydrogen-bond donors (Lipinski definition) is 2. The third-order valence-electron chi connectivity index (χ3n) is 2.38. The van der Waals surface area contributed by atoms with Crippen LogP contribution < -0.4 is 9.46 Å². The minimum absolute atomic E-state index is 0.113. The summed E-state index contributed by atoms with van der Waals surface area (Å²) in [6.07, 6.45) is 0. The molecule has 112 valence electrons. The SMILES string of the molecule is COC(=O)C(CO)NS(=O)(=O)c1cc(Br)ccc1OC. The van der Waals surface area contributed by atoms with Crippen molar-refractivity contribution in [2.24, 2.45) is 0 Å². The Morgan fingerprint density at radius 2 is 2.10 bits per heavy atom. The Balaban J connectivity index is 3.16. The zero-order valence-corrected chi connectivity index (χ0v) is 13.2. The Kier molecular flexibility index (Phi) is 5.93. The molecular formula is C11H14BrNO6S. The number of ether oxygens (including phenoxy) is 2. The molecule has 2 N–H and O–H groups in total. The fraction of sp³-hybridized carbons (Fsp3) is 0.364. The lowest BCUT2D eigenvalue weighted by Crippen LogP contribution is -2.44. The van der Waals surface area contributed by atoms with E-state index in [2.05, 4.69) is 25.4 Å². The van der Waals surface area contributed by atoms with Gasteiger partial charge in [0.1, 0.15) is 16.7 Å². The number of nitrogens with one attached hydrogen (secondary N) is 1. The molecule has 0 aromatic heterocycles. The number of benzene rings is 1. The third kappa shape index (κ3) is 3.92. The van der Waals surface area contributed by atoms with Gasteiger partial charge in [-0.2, -0.15) is 4.72 Å². The van der Waals surface area contributed by atoms with Crippen molar-refractivity contribution in [1.82, 2.24) is 4.72 Å². The van der Waals surface area contributed by atoms with Crippen molar-refractivity contribution in [2.75, 3.05) is 20.8 Å². The van der Waals surface area contributed by atoms with Crippen molar-refractivity contribution in [3.05, 3.63) is 22.7 Å². The van der Waals surface area contributed by atoms with E-state index in [1.54, 1.807) is 6.07 Å². The van der Waals surface area contributed by atoms with E-state index < -0.39 is 28.6 Å². The summed E-state index contributed by atoms with van der Waals surface area (Å²) in [6.45, 7) is -0.720. The molecule has 1 aromatic carbocycles. The number of hydrogen-bond acceptors (Lipinski definition) is 6. The van der Waals surface area contributed by atoms with E-state index in [-0.39, 0.29) is 10.6 Å². The highest BCUT2D eigenvalue weighted by Crippen LogP contribution is 2.27. The first-order chi connectivity index (χ1) is 9.35. The number of carbonyl (C=O) groups is 1. The molecule has 0 saturated carbocycles. The minimum atomic E-state index is -4.06. The van der Waals surface area contributed by atoms with Crippen LogP contribution in [0.15, 0.2) is 27.6 Å². The molecule has 0 bridgehead atoms.